The molecule has 1 heterocycles. The topological polar surface area (TPSA) is 12.5 Å². The molecule has 0 amide bonds. The zero-order valence-corrected chi connectivity index (χ0v) is 9.06. The van der Waals surface area contributed by atoms with Crippen molar-refractivity contribution in [2.45, 2.75) is 23.4 Å². The van der Waals surface area contributed by atoms with E-state index in [0.29, 0.717) is 11.5 Å². The smallest absolute Gasteiger partial charge is 0.134 e. The van der Waals surface area contributed by atoms with Crippen LogP contribution in [0.3, 0.4) is 0 Å². The minimum atomic E-state index is 0.381. The Morgan fingerprint density at radius 3 is 2.42 bits per heavy atom. The predicted octanol–water partition coefficient (Wildman–Crippen LogP) is 3.29. The molecule has 64 valence electrons. The van der Waals surface area contributed by atoms with Crippen molar-refractivity contribution < 1.29 is 4.74 Å². The molecule has 1 saturated heterocycles. The Morgan fingerprint density at radius 1 is 1.33 bits per heavy atom. The van der Waals surface area contributed by atoms with Crippen molar-refractivity contribution in [1.82, 2.24) is 0 Å². The second-order valence-electron chi connectivity index (χ2n) is 2.78. The normalized spacial score (nSPS) is 27.2. The summed E-state index contributed by atoms with van der Waals surface area (Å²) in [7, 11) is 0. The molecule has 0 aliphatic carbocycles. The molecule has 2 atom stereocenters. The highest BCUT2D eigenvalue weighted by Gasteiger charge is 2.34. The van der Waals surface area contributed by atoms with E-state index in [1.807, 2.05) is 0 Å². The summed E-state index contributed by atoms with van der Waals surface area (Å²) in [6, 6.07) is 8.30. The van der Waals surface area contributed by atoms with Crippen molar-refractivity contribution in [3.05, 3.63) is 28.7 Å². The fourth-order valence-corrected chi connectivity index (χ4v) is 2.19. The van der Waals surface area contributed by atoms with Gasteiger partial charge in [-0.15, -0.1) is 0 Å². The van der Waals surface area contributed by atoms with Gasteiger partial charge in [0.2, 0.25) is 0 Å². The molecule has 2 unspecified atom stereocenters. The molecule has 1 aromatic rings. The summed E-state index contributed by atoms with van der Waals surface area (Å²) in [6.07, 6.45) is 0.429. The molecule has 1 nitrogen and oxygen atoms in total. The van der Waals surface area contributed by atoms with Crippen molar-refractivity contribution >= 4 is 27.7 Å². The molecule has 0 spiro atoms. The Morgan fingerprint density at radius 2 is 1.92 bits per heavy atom. The van der Waals surface area contributed by atoms with E-state index >= 15 is 0 Å². The van der Waals surface area contributed by atoms with Crippen LogP contribution in [0, 0.1) is 0 Å². The minimum absolute atomic E-state index is 0.381. The van der Waals surface area contributed by atoms with Crippen molar-refractivity contribution in [3.8, 4) is 0 Å². The van der Waals surface area contributed by atoms with Gasteiger partial charge in [-0.2, -0.15) is 0 Å². The summed E-state index contributed by atoms with van der Waals surface area (Å²) in [4.78, 5) is 1.27. The third-order valence-electron chi connectivity index (χ3n) is 1.72. The van der Waals surface area contributed by atoms with Crippen LogP contribution < -0.4 is 0 Å². The maximum Gasteiger partial charge on any atom is 0.134 e. The van der Waals surface area contributed by atoms with Crippen molar-refractivity contribution in [3.63, 3.8) is 0 Å². The predicted molar refractivity (Wildman–Crippen MR) is 54.3 cm³/mol. The molecule has 12 heavy (non-hydrogen) atoms. The summed E-state index contributed by atoms with van der Waals surface area (Å²) in [6.45, 7) is 2.09. The third kappa shape index (κ3) is 2.03. The maximum absolute atomic E-state index is 5.30. The van der Waals surface area contributed by atoms with Crippen LogP contribution in [0.15, 0.2) is 33.6 Å². The molecule has 1 fully saturated rings. The molecule has 1 aliphatic heterocycles. The van der Waals surface area contributed by atoms with E-state index in [9.17, 15) is 0 Å². The summed E-state index contributed by atoms with van der Waals surface area (Å²) in [5.41, 5.74) is 0.381. The standard InChI is InChI=1S/C9H9BrOS/c1-6-9(11-6)12-8-4-2-7(10)3-5-8/h2-6,9H,1H3. The number of benzene rings is 1. The number of thioether (sulfide) groups is 1. The van der Waals surface area contributed by atoms with Gasteiger partial charge in [-0.3, -0.25) is 0 Å². The lowest BCUT2D eigenvalue weighted by atomic mass is 10.4. The molecule has 3 heteroatoms. The molecule has 2 rings (SSSR count). The zero-order valence-electron chi connectivity index (χ0n) is 6.66. The summed E-state index contributed by atoms with van der Waals surface area (Å²) in [5, 5.41) is 0. The first-order chi connectivity index (χ1) is 5.75. The average Bonchev–Trinajstić information content (AvgIpc) is 2.72. The molecule has 0 saturated carbocycles. The van der Waals surface area contributed by atoms with Gasteiger partial charge in [0.05, 0.1) is 6.10 Å². The van der Waals surface area contributed by atoms with Crippen molar-refractivity contribution in [1.29, 1.82) is 0 Å². The molecular formula is C9H9BrOS. The van der Waals surface area contributed by atoms with Gasteiger partial charge in [0.25, 0.3) is 0 Å². The maximum atomic E-state index is 5.30. The van der Waals surface area contributed by atoms with Crippen LogP contribution in [-0.4, -0.2) is 11.5 Å². The average molecular weight is 245 g/mol. The van der Waals surface area contributed by atoms with Gasteiger partial charge >= 0.3 is 0 Å². The monoisotopic (exact) mass is 244 g/mol. The zero-order chi connectivity index (χ0) is 8.55. The van der Waals surface area contributed by atoms with Gasteiger partial charge in [-0.1, -0.05) is 27.7 Å². The van der Waals surface area contributed by atoms with E-state index in [1.54, 1.807) is 11.8 Å². The highest BCUT2D eigenvalue weighted by atomic mass is 79.9. The lowest BCUT2D eigenvalue weighted by molar-refractivity contribution is 0.413. The largest absolute Gasteiger partial charge is 0.358 e. The van der Waals surface area contributed by atoms with Crippen LogP contribution in [-0.2, 0) is 4.74 Å². The number of hydrogen-bond donors (Lipinski definition) is 0. The number of ether oxygens (including phenoxy) is 1. The Hall–Kier alpha value is 0.01000. The van der Waals surface area contributed by atoms with Gasteiger partial charge in [0, 0.05) is 9.37 Å². The first-order valence-corrected chi connectivity index (χ1v) is 5.50. The van der Waals surface area contributed by atoms with Crippen LogP contribution in [0.5, 0.6) is 0 Å². The molecule has 1 aliphatic rings. The SMILES string of the molecule is CC1OC1Sc1ccc(Br)cc1. The Labute approximate surface area is 84.6 Å². The van der Waals surface area contributed by atoms with Gasteiger partial charge in [0.1, 0.15) is 5.44 Å². The summed E-state index contributed by atoms with van der Waals surface area (Å²) < 4.78 is 6.42. The van der Waals surface area contributed by atoms with E-state index in [-0.39, 0.29) is 0 Å². The molecule has 0 N–H and O–H groups in total. The number of halogens is 1. The lowest BCUT2D eigenvalue weighted by Gasteiger charge is -1.96. The first-order valence-electron chi connectivity index (χ1n) is 3.83. The van der Waals surface area contributed by atoms with E-state index in [4.69, 9.17) is 4.74 Å². The van der Waals surface area contributed by atoms with E-state index in [2.05, 4.69) is 47.1 Å². The highest BCUT2D eigenvalue weighted by Crippen LogP contribution is 2.37. The Bertz CT molecular complexity index is 272. The van der Waals surface area contributed by atoms with E-state index in [0.717, 1.165) is 4.47 Å². The van der Waals surface area contributed by atoms with Crippen LogP contribution in [0.2, 0.25) is 0 Å². The Kier molecular flexibility index (Phi) is 2.44. The van der Waals surface area contributed by atoms with Crippen LogP contribution in [0.4, 0.5) is 0 Å². The second-order valence-corrected chi connectivity index (χ2v) is 4.87. The molecule has 1 aromatic carbocycles. The Balaban J connectivity index is 2.00. The van der Waals surface area contributed by atoms with Gasteiger partial charge < -0.3 is 4.74 Å². The van der Waals surface area contributed by atoms with Gasteiger partial charge in [0.15, 0.2) is 0 Å². The van der Waals surface area contributed by atoms with Gasteiger partial charge in [-0.25, -0.2) is 0 Å². The van der Waals surface area contributed by atoms with Crippen molar-refractivity contribution in [2.24, 2.45) is 0 Å². The number of epoxide rings is 1. The second kappa shape index (κ2) is 3.40. The first kappa shape index (κ1) is 8.60. The molecule has 0 aromatic heterocycles. The number of rotatable bonds is 2. The molecular weight excluding hydrogens is 236 g/mol. The highest BCUT2D eigenvalue weighted by molar-refractivity contribution is 9.10. The van der Waals surface area contributed by atoms with Crippen molar-refractivity contribution in [2.75, 3.05) is 0 Å². The fourth-order valence-electron chi connectivity index (χ4n) is 0.937. The molecule has 0 bridgehead atoms. The minimum Gasteiger partial charge on any atom is -0.358 e. The summed E-state index contributed by atoms with van der Waals surface area (Å²) >= 11 is 5.18. The lowest BCUT2D eigenvalue weighted by Crippen LogP contribution is -1.81. The summed E-state index contributed by atoms with van der Waals surface area (Å²) in [5.74, 6) is 0. The van der Waals surface area contributed by atoms with E-state index < -0.39 is 0 Å². The third-order valence-corrected chi connectivity index (χ3v) is 3.52. The van der Waals surface area contributed by atoms with Crippen LogP contribution in [0.1, 0.15) is 6.92 Å². The molecule has 0 radical (unpaired) electrons. The van der Waals surface area contributed by atoms with Gasteiger partial charge in [-0.05, 0) is 31.2 Å². The van der Waals surface area contributed by atoms with Crippen LogP contribution in [0.25, 0.3) is 0 Å². The number of hydrogen-bond acceptors (Lipinski definition) is 2. The quantitative estimate of drug-likeness (QED) is 0.741. The van der Waals surface area contributed by atoms with Crippen LogP contribution >= 0.6 is 27.7 Å². The fraction of sp³-hybridized carbons (Fsp3) is 0.333. The van der Waals surface area contributed by atoms with E-state index in [1.165, 1.54) is 4.90 Å².